The van der Waals surface area contributed by atoms with Gasteiger partial charge in [0.25, 0.3) is 5.56 Å². The molecule has 0 fully saturated rings. The molecule has 0 unspecified atom stereocenters. The number of halogens is 1. The lowest BCUT2D eigenvalue weighted by Gasteiger charge is -2.02. The van der Waals surface area contributed by atoms with Gasteiger partial charge in [0, 0.05) is 16.7 Å². The number of hydrogen-bond donors (Lipinski definition) is 3. The van der Waals surface area contributed by atoms with Gasteiger partial charge in [-0.3, -0.25) is 4.79 Å². The van der Waals surface area contributed by atoms with Crippen LogP contribution < -0.4 is 5.56 Å². The number of aromatic hydroxyl groups is 1. The average molecular weight is 315 g/mol. The minimum Gasteiger partial charge on any atom is -0.508 e. The number of fused-ring (bicyclic) bond motifs is 1. The zero-order valence-corrected chi connectivity index (χ0v) is 12.0. The summed E-state index contributed by atoms with van der Waals surface area (Å²) in [5.41, 5.74) is 1.08. The standard InChI is InChI=1S/C16H11ClN2O3/c17-10-4-5-12-13(7-10)19-16(22)14(18-12)8-15(21)9-2-1-3-11(20)6-9/h1-8,20-21H,(H,19,22). The summed E-state index contributed by atoms with van der Waals surface area (Å²) in [7, 11) is 0. The van der Waals surface area contributed by atoms with Crippen molar-refractivity contribution in [2.75, 3.05) is 0 Å². The van der Waals surface area contributed by atoms with Crippen molar-refractivity contribution in [1.82, 2.24) is 9.97 Å². The maximum Gasteiger partial charge on any atom is 0.274 e. The summed E-state index contributed by atoms with van der Waals surface area (Å²) in [6.45, 7) is 0. The number of H-pyrrole nitrogens is 1. The predicted octanol–water partition coefficient (Wildman–Crippen LogP) is 3.34. The van der Waals surface area contributed by atoms with E-state index in [0.29, 0.717) is 21.6 Å². The second kappa shape index (κ2) is 5.54. The number of hydrogen-bond acceptors (Lipinski definition) is 4. The molecule has 0 atom stereocenters. The normalized spacial score (nSPS) is 11.8. The molecular weight excluding hydrogens is 304 g/mol. The first-order valence-corrected chi connectivity index (χ1v) is 6.80. The van der Waals surface area contributed by atoms with Crippen LogP contribution >= 0.6 is 11.6 Å². The Morgan fingerprint density at radius 2 is 2.05 bits per heavy atom. The average Bonchev–Trinajstić information content (AvgIpc) is 2.48. The summed E-state index contributed by atoms with van der Waals surface area (Å²) in [5, 5.41) is 20.0. The van der Waals surface area contributed by atoms with Gasteiger partial charge >= 0.3 is 0 Å². The maximum absolute atomic E-state index is 12.0. The Labute approximate surface area is 130 Å². The fraction of sp³-hybridized carbons (Fsp3) is 0. The minimum absolute atomic E-state index is 0.0208. The van der Waals surface area contributed by atoms with Crippen LogP contribution in [0.25, 0.3) is 22.9 Å². The topological polar surface area (TPSA) is 86.2 Å². The van der Waals surface area contributed by atoms with Crippen LogP contribution in [0.2, 0.25) is 5.02 Å². The molecule has 0 aliphatic rings. The summed E-state index contributed by atoms with van der Waals surface area (Å²) in [4.78, 5) is 18.9. The number of nitrogens with zero attached hydrogens (tertiary/aromatic N) is 1. The Morgan fingerprint density at radius 1 is 1.23 bits per heavy atom. The van der Waals surface area contributed by atoms with Crippen LogP contribution in [0.1, 0.15) is 11.3 Å². The molecule has 1 aromatic heterocycles. The van der Waals surface area contributed by atoms with Gasteiger partial charge in [0.1, 0.15) is 17.2 Å². The molecule has 6 heteroatoms. The van der Waals surface area contributed by atoms with E-state index >= 15 is 0 Å². The Morgan fingerprint density at radius 3 is 2.82 bits per heavy atom. The monoisotopic (exact) mass is 314 g/mol. The highest BCUT2D eigenvalue weighted by atomic mass is 35.5. The van der Waals surface area contributed by atoms with E-state index in [4.69, 9.17) is 11.6 Å². The van der Waals surface area contributed by atoms with E-state index in [1.807, 2.05) is 0 Å². The Bertz CT molecular complexity index is 948. The zero-order chi connectivity index (χ0) is 15.7. The molecule has 0 saturated heterocycles. The molecule has 0 aliphatic heterocycles. The SMILES string of the molecule is O=c1[nH]c2cc(Cl)ccc2nc1C=C(O)c1cccc(O)c1. The zero-order valence-electron chi connectivity index (χ0n) is 11.2. The first-order valence-electron chi connectivity index (χ1n) is 6.42. The molecule has 5 nitrogen and oxygen atoms in total. The molecule has 0 spiro atoms. The Balaban J connectivity index is 2.10. The lowest BCUT2D eigenvalue weighted by atomic mass is 10.1. The van der Waals surface area contributed by atoms with Gasteiger partial charge in [-0.05, 0) is 30.3 Å². The van der Waals surface area contributed by atoms with Crippen LogP contribution in [-0.4, -0.2) is 20.2 Å². The van der Waals surface area contributed by atoms with Gasteiger partial charge in [-0.1, -0.05) is 23.7 Å². The van der Waals surface area contributed by atoms with Gasteiger partial charge in [0.2, 0.25) is 0 Å². The fourth-order valence-electron chi connectivity index (χ4n) is 2.05. The van der Waals surface area contributed by atoms with E-state index in [0.717, 1.165) is 0 Å². The lowest BCUT2D eigenvalue weighted by molar-refractivity contribution is 0.473. The van der Waals surface area contributed by atoms with Crippen molar-refractivity contribution in [3.05, 3.63) is 69.1 Å². The number of benzene rings is 2. The quantitative estimate of drug-likeness (QED) is 0.633. The first-order chi connectivity index (χ1) is 10.5. The highest BCUT2D eigenvalue weighted by molar-refractivity contribution is 6.31. The molecule has 110 valence electrons. The van der Waals surface area contributed by atoms with Crippen LogP contribution in [-0.2, 0) is 0 Å². The number of aromatic nitrogens is 2. The molecule has 1 heterocycles. The van der Waals surface area contributed by atoms with Gasteiger partial charge in [0.15, 0.2) is 0 Å². The van der Waals surface area contributed by atoms with E-state index in [1.165, 1.54) is 18.2 Å². The summed E-state index contributed by atoms with van der Waals surface area (Å²) in [6, 6.07) is 11.0. The van der Waals surface area contributed by atoms with Crippen molar-refractivity contribution >= 4 is 34.5 Å². The van der Waals surface area contributed by atoms with Crippen LogP contribution in [0, 0.1) is 0 Å². The number of nitrogens with one attached hydrogen (secondary N) is 1. The number of phenols is 1. The highest BCUT2D eigenvalue weighted by Gasteiger charge is 2.06. The van der Waals surface area contributed by atoms with Gasteiger partial charge in [-0.25, -0.2) is 4.98 Å². The van der Waals surface area contributed by atoms with Crippen LogP contribution in [0.4, 0.5) is 0 Å². The molecule has 2 aromatic carbocycles. The third-order valence-electron chi connectivity index (χ3n) is 3.10. The van der Waals surface area contributed by atoms with Crippen LogP contribution in [0.15, 0.2) is 47.3 Å². The van der Waals surface area contributed by atoms with Crippen LogP contribution in [0.5, 0.6) is 5.75 Å². The molecule has 0 saturated carbocycles. The number of rotatable bonds is 2. The molecular formula is C16H11ClN2O3. The number of aliphatic hydroxyl groups is 1. The van der Waals surface area contributed by atoms with E-state index in [2.05, 4.69) is 9.97 Å². The molecule has 0 aliphatic carbocycles. The third-order valence-corrected chi connectivity index (χ3v) is 3.33. The van der Waals surface area contributed by atoms with Gasteiger partial charge in [0.05, 0.1) is 11.0 Å². The van der Waals surface area contributed by atoms with Gasteiger partial charge in [-0.2, -0.15) is 0 Å². The smallest absolute Gasteiger partial charge is 0.274 e. The minimum atomic E-state index is -0.443. The molecule has 3 N–H and O–H groups in total. The van der Waals surface area contributed by atoms with Crippen LogP contribution in [0.3, 0.4) is 0 Å². The molecule has 0 radical (unpaired) electrons. The van der Waals surface area contributed by atoms with Crippen molar-refractivity contribution in [3.63, 3.8) is 0 Å². The third kappa shape index (κ3) is 2.80. The van der Waals surface area contributed by atoms with E-state index in [1.54, 1.807) is 30.3 Å². The molecule has 3 rings (SSSR count). The molecule has 0 bridgehead atoms. The summed E-state index contributed by atoms with van der Waals surface area (Å²) in [5.74, 6) is -0.144. The van der Waals surface area contributed by atoms with E-state index < -0.39 is 5.56 Å². The summed E-state index contributed by atoms with van der Waals surface area (Å²) >= 11 is 5.86. The summed E-state index contributed by atoms with van der Waals surface area (Å²) in [6.07, 6.45) is 1.25. The Kier molecular flexibility index (Phi) is 3.56. The lowest BCUT2D eigenvalue weighted by Crippen LogP contribution is -2.12. The molecule has 0 amide bonds. The van der Waals surface area contributed by atoms with E-state index in [9.17, 15) is 15.0 Å². The van der Waals surface area contributed by atoms with Crippen molar-refractivity contribution in [1.29, 1.82) is 0 Å². The first kappa shape index (κ1) is 14.2. The molecule has 22 heavy (non-hydrogen) atoms. The number of aromatic amines is 1. The van der Waals surface area contributed by atoms with Gasteiger partial charge in [-0.15, -0.1) is 0 Å². The van der Waals surface area contributed by atoms with Crippen molar-refractivity contribution in [2.24, 2.45) is 0 Å². The van der Waals surface area contributed by atoms with Crippen molar-refractivity contribution in [3.8, 4) is 5.75 Å². The fourth-order valence-corrected chi connectivity index (χ4v) is 2.22. The number of aliphatic hydroxyl groups excluding tert-OH is 1. The number of phenolic OH excluding ortho intramolecular Hbond substituents is 1. The second-order valence-corrected chi connectivity index (χ2v) is 5.13. The van der Waals surface area contributed by atoms with E-state index in [-0.39, 0.29) is 17.2 Å². The largest absolute Gasteiger partial charge is 0.508 e. The Hall–Kier alpha value is -2.79. The predicted molar refractivity (Wildman–Crippen MR) is 86.0 cm³/mol. The summed E-state index contributed by atoms with van der Waals surface area (Å²) < 4.78 is 0. The van der Waals surface area contributed by atoms with Gasteiger partial charge < -0.3 is 15.2 Å². The van der Waals surface area contributed by atoms with Crippen molar-refractivity contribution < 1.29 is 10.2 Å². The highest BCUT2D eigenvalue weighted by Crippen LogP contribution is 2.19. The maximum atomic E-state index is 12.0. The van der Waals surface area contributed by atoms with Crippen molar-refractivity contribution in [2.45, 2.75) is 0 Å². The second-order valence-electron chi connectivity index (χ2n) is 4.69. The molecule has 3 aromatic rings.